The first-order chi connectivity index (χ1) is 8.49. The lowest BCUT2D eigenvalue weighted by atomic mass is 10.1. The molecule has 2 aromatic rings. The third-order valence-corrected chi connectivity index (χ3v) is 2.88. The van der Waals surface area contributed by atoms with E-state index in [2.05, 4.69) is 10.2 Å². The van der Waals surface area contributed by atoms with Gasteiger partial charge < -0.3 is 9.32 Å². The van der Waals surface area contributed by atoms with Gasteiger partial charge in [-0.05, 0) is 32.9 Å². The predicted molar refractivity (Wildman–Crippen MR) is 67.3 cm³/mol. The fourth-order valence-electron chi connectivity index (χ4n) is 1.93. The molecule has 0 aromatic carbocycles. The fraction of sp³-hybridized carbons (Fsp3) is 0.385. The number of hydrogen-bond acceptors (Lipinski definition) is 3. The average Bonchev–Trinajstić information content (AvgIpc) is 2.85. The van der Waals surface area contributed by atoms with Crippen LogP contribution >= 0.6 is 0 Å². The normalized spacial score (nSPS) is 10.7. The molecule has 96 valence electrons. The number of aryl methyl sites for hydroxylation is 3. The highest BCUT2D eigenvalue weighted by molar-refractivity contribution is 5.96. The first kappa shape index (κ1) is 12.4. The number of hydrogen-bond donors (Lipinski definition) is 1. The zero-order chi connectivity index (χ0) is 13.3. The van der Waals surface area contributed by atoms with Crippen LogP contribution in [-0.4, -0.2) is 28.1 Å². The Balaban J connectivity index is 2.14. The maximum absolute atomic E-state index is 12.3. The molecule has 2 aromatic heterocycles. The first-order valence-corrected chi connectivity index (χ1v) is 5.81. The van der Waals surface area contributed by atoms with E-state index in [4.69, 9.17) is 4.42 Å². The molecule has 5 heteroatoms. The molecular weight excluding hydrogens is 230 g/mol. The van der Waals surface area contributed by atoms with Gasteiger partial charge in [0.25, 0.3) is 5.91 Å². The molecule has 0 spiro atoms. The number of rotatable bonds is 3. The number of aromatic amines is 1. The van der Waals surface area contributed by atoms with Gasteiger partial charge in [0.2, 0.25) is 0 Å². The molecule has 0 saturated heterocycles. The monoisotopic (exact) mass is 247 g/mol. The highest BCUT2D eigenvalue weighted by Crippen LogP contribution is 2.15. The summed E-state index contributed by atoms with van der Waals surface area (Å²) in [5.74, 6) is 1.58. The number of furan rings is 1. The highest BCUT2D eigenvalue weighted by Gasteiger charge is 2.19. The molecule has 5 nitrogen and oxygen atoms in total. The van der Waals surface area contributed by atoms with Crippen LogP contribution in [0.1, 0.15) is 33.3 Å². The average molecular weight is 247 g/mol. The van der Waals surface area contributed by atoms with Crippen molar-refractivity contribution in [3.63, 3.8) is 0 Å². The van der Waals surface area contributed by atoms with Crippen molar-refractivity contribution in [2.75, 3.05) is 7.05 Å². The van der Waals surface area contributed by atoms with E-state index in [9.17, 15) is 4.79 Å². The Labute approximate surface area is 106 Å². The summed E-state index contributed by atoms with van der Waals surface area (Å²) in [5, 5.41) is 6.85. The standard InChI is InChI=1S/C13H17N3O2/c1-8-5-6-11(18-8)7-16(4)13(17)12-9(2)14-15-10(12)3/h5-6H,7H2,1-4H3,(H,14,15). The van der Waals surface area contributed by atoms with E-state index in [1.807, 2.05) is 32.9 Å². The lowest BCUT2D eigenvalue weighted by Crippen LogP contribution is -2.26. The van der Waals surface area contributed by atoms with E-state index < -0.39 is 0 Å². The highest BCUT2D eigenvalue weighted by atomic mass is 16.3. The summed E-state index contributed by atoms with van der Waals surface area (Å²) in [6.45, 7) is 6.01. The molecule has 0 bridgehead atoms. The largest absolute Gasteiger partial charge is 0.464 e. The van der Waals surface area contributed by atoms with Crippen LogP contribution < -0.4 is 0 Å². The quantitative estimate of drug-likeness (QED) is 0.904. The summed E-state index contributed by atoms with van der Waals surface area (Å²) in [5.41, 5.74) is 2.15. The van der Waals surface area contributed by atoms with Crippen molar-refractivity contribution in [2.24, 2.45) is 0 Å². The second-order valence-corrected chi connectivity index (χ2v) is 4.48. The predicted octanol–water partition coefficient (Wildman–Crippen LogP) is 2.20. The van der Waals surface area contributed by atoms with Crippen molar-refractivity contribution < 1.29 is 9.21 Å². The summed E-state index contributed by atoms with van der Waals surface area (Å²) >= 11 is 0. The Hall–Kier alpha value is -2.04. The minimum absolute atomic E-state index is 0.0483. The van der Waals surface area contributed by atoms with Crippen LogP contribution in [0.3, 0.4) is 0 Å². The Kier molecular flexibility index (Phi) is 3.23. The molecule has 0 unspecified atom stereocenters. The molecule has 1 amide bonds. The van der Waals surface area contributed by atoms with E-state index in [0.717, 1.165) is 22.9 Å². The minimum atomic E-state index is -0.0483. The Morgan fingerprint density at radius 2 is 2.11 bits per heavy atom. The number of nitrogens with one attached hydrogen (secondary N) is 1. The van der Waals surface area contributed by atoms with Gasteiger partial charge >= 0.3 is 0 Å². The third kappa shape index (κ3) is 2.30. The van der Waals surface area contributed by atoms with Gasteiger partial charge in [-0.15, -0.1) is 0 Å². The molecule has 0 aliphatic heterocycles. The van der Waals surface area contributed by atoms with Gasteiger partial charge in [-0.25, -0.2) is 0 Å². The van der Waals surface area contributed by atoms with Crippen molar-refractivity contribution in [2.45, 2.75) is 27.3 Å². The summed E-state index contributed by atoms with van der Waals surface area (Å²) < 4.78 is 5.46. The fourth-order valence-corrected chi connectivity index (χ4v) is 1.93. The zero-order valence-electron chi connectivity index (χ0n) is 11.1. The lowest BCUT2D eigenvalue weighted by molar-refractivity contribution is 0.0773. The SMILES string of the molecule is Cc1ccc(CN(C)C(=O)c2c(C)n[nH]c2C)o1. The van der Waals surface area contributed by atoms with Crippen LogP contribution in [0.15, 0.2) is 16.5 Å². The molecule has 2 rings (SSSR count). The molecular formula is C13H17N3O2. The van der Waals surface area contributed by atoms with Gasteiger partial charge in [0.15, 0.2) is 0 Å². The maximum Gasteiger partial charge on any atom is 0.257 e. The van der Waals surface area contributed by atoms with Crippen LogP contribution in [-0.2, 0) is 6.54 Å². The molecule has 1 N–H and O–H groups in total. The third-order valence-electron chi connectivity index (χ3n) is 2.88. The molecule has 0 saturated carbocycles. The first-order valence-electron chi connectivity index (χ1n) is 5.81. The van der Waals surface area contributed by atoms with Crippen LogP contribution in [0.4, 0.5) is 0 Å². The number of amides is 1. The van der Waals surface area contributed by atoms with E-state index in [1.165, 1.54) is 0 Å². The molecule has 0 atom stereocenters. The van der Waals surface area contributed by atoms with Gasteiger partial charge in [0.05, 0.1) is 17.8 Å². The van der Waals surface area contributed by atoms with E-state index >= 15 is 0 Å². The van der Waals surface area contributed by atoms with Crippen molar-refractivity contribution in [3.05, 3.63) is 40.6 Å². The van der Waals surface area contributed by atoms with Gasteiger partial charge in [-0.1, -0.05) is 0 Å². The van der Waals surface area contributed by atoms with E-state index in [-0.39, 0.29) is 5.91 Å². The lowest BCUT2D eigenvalue weighted by Gasteiger charge is -2.15. The molecule has 2 heterocycles. The number of aromatic nitrogens is 2. The van der Waals surface area contributed by atoms with Gasteiger partial charge in [0.1, 0.15) is 11.5 Å². The van der Waals surface area contributed by atoms with Crippen LogP contribution in [0.5, 0.6) is 0 Å². The summed E-state index contributed by atoms with van der Waals surface area (Å²) in [6, 6.07) is 3.77. The molecule has 0 aliphatic carbocycles. The second-order valence-electron chi connectivity index (χ2n) is 4.48. The van der Waals surface area contributed by atoms with Gasteiger partial charge in [0, 0.05) is 12.7 Å². The topological polar surface area (TPSA) is 62.1 Å². The molecule has 0 radical (unpaired) electrons. The van der Waals surface area contributed by atoms with Gasteiger partial charge in [-0.2, -0.15) is 5.10 Å². The number of carbonyl (C=O) groups excluding carboxylic acids is 1. The zero-order valence-corrected chi connectivity index (χ0v) is 11.1. The minimum Gasteiger partial charge on any atom is -0.464 e. The smallest absolute Gasteiger partial charge is 0.257 e. The number of carbonyl (C=O) groups is 1. The summed E-state index contributed by atoms with van der Waals surface area (Å²) in [6.07, 6.45) is 0. The molecule has 0 fully saturated rings. The van der Waals surface area contributed by atoms with Crippen molar-refractivity contribution in [1.82, 2.24) is 15.1 Å². The van der Waals surface area contributed by atoms with Crippen LogP contribution in [0.2, 0.25) is 0 Å². The Bertz CT molecular complexity index is 549. The van der Waals surface area contributed by atoms with Crippen LogP contribution in [0.25, 0.3) is 0 Å². The van der Waals surface area contributed by atoms with Crippen molar-refractivity contribution in [1.29, 1.82) is 0 Å². The molecule has 18 heavy (non-hydrogen) atoms. The summed E-state index contributed by atoms with van der Waals surface area (Å²) in [4.78, 5) is 13.9. The van der Waals surface area contributed by atoms with E-state index in [0.29, 0.717) is 12.1 Å². The second kappa shape index (κ2) is 4.68. The van der Waals surface area contributed by atoms with E-state index in [1.54, 1.807) is 11.9 Å². The Morgan fingerprint density at radius 1 is 1.39 bits per heavy atom. The summed E-state index contributed by atoms with van der Waals surface area (Å²) in [7, 11) is 1.76. The van der Waals surface area contributed by atoms with Crippen molar-refractivity contribution in [3.8, 4) is 0 Å². The molecule has 0 aliphatic rings. The van der Waals surface area contributed by atoms with Crippen molar-refractivity contribution >= 4 is 5.91 Å². The number of nitrogens with zero attached hydrogens (tertiary/aromatic N) is 2. The Morgan fingerprint density at radius 3 is 2.61 bits per heavy atom. The maximum atomic E-state index is 12.3. The van der Waals surface area contributed by atoms with Crippen LogP contribution in [0, 0.1) is 20.8 Å². The van der Waals surface area contributed by atoms with Gasteiger partial charge in [-0.3, -0.25) is 9.89 Å². The number of H-pyrrole nitrogens is 1.